The van der Waals surface area contributed by atoms with Crippen LogP contribution in [0.3, 0.4) is 0 Å². The summed E-state index contributed by atoms with van der Waals surface area (Å²) in [7, 11) is 0. The van der Waals surface area contributed by atoms with Gasteiger partial charge in [-0.15, -0.1) is 11.3 Å². The van der Waals surface area contributed by atoms with Crippen LogP contribution in [-0.2, 0) is 4.79 Å². The van der Waals surface area contributed by atoms with Crippen LogP contribution in [-0.4, -0.2) is 10.9 Å². The van der Waals surface area contributed by atoms with E-state index in [1.54, 1.807) is 17.5 Å². The van der Waals surface area contributed by atoms with Crippen molar-refractivity contribution in [3.63, 3.8) is 0 Å². The molecule has 4 rings (SSSR count). The van der Waals surface area contributed by atoms with Crippen molar-refractivity contribution >= 4 is 34.6 Å². The monoisotopic (exact) mass is 304 g/mol. The Hall–Kier alpha value is -2.72. The third-order valence-corrected chi connectivity index (χ3v) is 4.61. The van der Waals surface area contributed by atoms with E-state index in [0.717, 1.165) is 16.3 Å². The Bertz CT molecular complexity index is 881. The summed E-state index contributed by atoms with van der Waals surface area (Å²) in [5.41, 5.74) is 3.31. The second-order valence-corrected chi connectivity index (χ2v) is 6.10. The van der Waals surface area contributed by atoms with E-state index < -0.39 is 0 Å². The average molecular weight is 304 g/mol. The second-order valence-electron chi connectivity index (χ2n) is 4.98. The van der Waals surface area contributed by atoms with Crippen LogP contribution in [0.5, 0.6) is 0 Å². The second kappa shape index (κ2) is 5.24. The molecule has 0 saturated heterocycles. The average Bonchev–Trinajstić information content (AvgIpc) is 3.14. The van der Waals surface area contributed by atoms with Crippen molar-refractivity contribution in [1.82, 2.24) is 4.98 Å². The lowest BCUT2D eigenvalue weighted by Gasteiger charge is -1.96. The van der Waals surface area contributed by atoms with E-state index in [1.165, 1.54) is 10.4 Å². The van der Waals surface area contributed by atoms with Crippen LogP contribution in [0.2, 0.25) is 0 Å². The highest BCUT2D eigenvalue weighted by atomic mass is 32.1. The van der Waals surface area contributed by atoms with Gasteiger partial charge in [0.2, 0.25) is 0 Å². The summed E-state index contributed by atoms with van der Waals surface area (Å²) in [6.45, 7) is 0. The van der Waals surface area contributed by atoms with Crippen LogP contribution >= 0.6 is 11.3 Å². The number of anilines is 1. The first kappa shape index (κ1) is 13.0. The van der Waals surface area contributed by atoms with Gasteiger partial charge in [0.25, 0.3) is 5.91 Å². The Morgan fingerprint density at radius 1 is 1.00 bits per heavy atom. The Labute approximate surface area is 132 Å². The van der Waals surface area contributed by atoms with E-state index in [1.807, 2.05) is 42.5 Å². The number of nitrogens with zero attached hydrogens (tertiary/aromatic N) is 1. The van der Waals surface area contributed by atoms with E-state index in [9.17, 15) is 4.79 Å². The zero-order chi connectivity index (χ0) is 14.9. The number of pyridine rings is 1. The molecule has 1 amide bonds. The number of aromatic nitrogens is 1. The molecule has 3 nitrogen and oxygen atoms in total. The summed E-state index contributed by atoms with van der Waals surface area (Å²) in [5.74, 6) is -0.0941. The van der Waals surface area contributed by atoms with Gasteiger partial charge in [0.05, 0.1) is 17.0 Å². The Balaban J connectivity index is 1.72. The molecule has 22 heavy (non-hydrogen) atoms. The molecule has 0 atom stereocenters. The fraction of sp³-hybridized carbons (Fsp3) is 0. The fourth-order valence-electron chi connectivity index (χ4n) is 2.48. The van der Waals surface area contributed by atoms with Crippen LogP contribution in [0, 0.1) is 0 Å². The smallest absolute Gasteiger partial charge is 0.258 e. The van der Waals surface area contributed by atoms with Crippen molar-refractivity contribution in [3.05, 3.63) is 71.4 Å². The number of rotatable bonds is 2. The summed E-state index contributed by atoms with van der Waals surface area (Å²) < 4.78 is 0. The molecule has 1 aliphatic rings. The molecule has 0 fully saturated rings. The molecule has 0 saturated carbocycles. The topological polar surface area (TPSA) is 42.0 Å². The van der Waals surface area contributed by atoms with Crippen molar-refractivity contribution in [3.8, 4) is 10.4 Å². The first-order valence-electron chi connectivity index (χ1n) is 6.95. The molecular formula is C18H12N2OS. The number of benzene rings is 1. The van der Waals surface area contributed by atoms with Crippen molar-refractivity contribution < 1.29 is 4.79 Å². The molecule has 1 aromatic carbocycles. The lowest BCUT2D eigenvalue weighted by atomic mass is 10.1. The molecule has 1 aliphatic heterocycles. The van der Waals surface area contributed by atoms with Gasteiger partial charge in [-0.05, 0) is 35.9 Å². The normalized spacial score (nSPS) is 14.9. The standard InChI is InChI=1S/C18H12N2OS/c21-18-14(17-15(20-18)7-4-10-19-17)11-13-8-9-16(22-13)12-5-2-1-3-6-12/h1-11H,(H,20,21). The molecule has 1 N–H and O–H groups in total. The first-order valence-corrected chi connectivity index (χ1v) is 7.76. The van der Waals surface area contributed by atoms with Gasteiger partial charge in [-0.25, -0.2) is 0 Å². The number of nitrogens with one attached hydrogen (secondary N) is 1. The van der Waals surface area contributed by atoms with E-state index in [4.69, 9.17) is 0 Å². The van der Waals surface area contributed by atoms with Crippen LogP contribution in [0.25, 0.3) is 22.1 Å². The van der Waals surface area contributed by atoms with Gasteiger partial charge in [-0.3, -0.25) is 9.78 Å². The summed E-state index contributed by atoms with van der Waals surface area (Å²) in [6.07, 6.45) is 3.61. The minimum Gasteiger partial charge on any atom is -0.320 e. The minimum atomic E-state index is -0.0941. The quantitative estimate of drug-likeness (QED) is 0.717. The largest absolute Gasteiger partial charge is 0.320 e. The van der Waals surface area contributed by atoms with Crippen LogP contribution in [0.4, 0.5) is 5.69 Å². The maximum atomic E-state index is 12.1. The number of amides is 1. The molecule has 0 aliphatic carbocycles. The van der Waals surface area contributed by atoms with Gasteiger partial charge in [0.1, 0.15) is 0 Å². The maximum Gasteiger partial charge on any atom is 0.258 e. The molecule has 3 aromatic rings. The Morgan fingerprint density at radius 2 is 1.86 bits per heavy atom. The van der Waals surface area contributed by atoms with Crippen LogP contribution in [0.15, 0.2) is 60.8 Å². The molecule has 0 spiro atoms. The molecule has 2 aromatic heterocycles. The highest BCUT2D eigenvalue weighted by Gasteiger charge is 2.25. The van der Waals surface area contributed by atoms with E-state index >= 15 is 0 Å². The van der Waals surface area contributed by atoms with Gasteiger partial charge in [-0.1, -0.05) is 30.3 Å². The van der Waals surface area contributed by atoms with E-state index in [-0.39, 0.29) is 5.91 Å². The van der Waals surface area contributed by atoms with Gasteiger partial charge >= 0.3 is 0 Å². The summed E-state index contributed by atoms with van der Waals surface area (Å²) >= 11 is 1.67. The number of hydrogen-bond acceptors (Lipinski definition) is 3. The summed E-state index contributed by atoms with van der Waals surface area (Å²) in [5, 5.41) is 2.84. The lowest BCUT2D eigenvalue weighted by Crippen LogP contribution is -2.03. The predicted octanol–water partition coefficient (Wildman–Crippen LogP) is 4.30. The Kier molecular flexibility index (Phi) is 3.09. The highest BCUT2D eigenvalue weighted by molar-refractivity contribution is 7.16. The van der Waals surface area contributed by atoms with Crippen molar-refractivity contribution in [2.24, 2.45) is 0 Å². The minimum absolute atomic E-state index is 0.0941. The molecule has 0 bridgehead atoms. The molecule has 106 valence electrons. The first-order chi connectivity index (χ1) is 10.8. The van der Waals surface area contributed by atoms with Gasteiger partial charge in [-0.2, -0.15) is 0 Å². The zero-order valence-electron chi connectivity index (χ0n) is 11.6. The number of carbonyl (C=O) groups is 1. The Morgan fingerprint density at radius 3 is 2.73 bits per heavy atom. The number of thiophene rings is 1. The number of hydrogen-bond donors (Lipinski definition) is 1. The predicted molar refractivity (Wildman–Crippen MR) is 90.5 cm³/mol. The van der Waals surface area contributed by atoms with E-state index in [0.29, 0.717) is 5.57 Å². The fourth-order valence-corrected chi connectivity index (χ4v) is 3.44. The van der Waals surface area contributed by atoms with Gasteiger partial charge < -0.3 is 5.32 Å². The van der Waals surface area contributed by atoms with Crippen molar-refractivity contribution in [2.45, 2.75) is 0 Å². The van der Waals surface area contributed by atoms with Crippen LogP contribution < -0.4 is 5.32 Å². The van der Waals surface area contributed by atoms with Crippen molar-refractivity contribution in [1.29, 1.82) is 0 Å². The molecule has 0 radical (unpaired) electrons. The third-order valence-electron chi connectivity index (χ3n) is 3.53. The van der Waals surface area contributed by atoms with Gasteiger partial charge in [0.15, 0.2) is 0 Å². The highest BCUT2D eigenvalue weighted by Crippen LogP contribution is 2.34. The number of carbonyl (C=O) groups excluding carboxylic acids is 1. The van der Waals surface area contributed by atoms with Crippen LogP contribution in [0.1, 0.15) is 10.6 Å². The van der Waals surface area contributed by atoms with Gasteiger partial charge in [0, 0.05) is 16.0 Å². The molecular weight excluding hydrogens is 292 g/mol. The SMILES string of the molecule is O=C1Nc2cccnc2C1=Cc1ccc(-c2ccccc2)s1. The third kappa shape index (κ3) is 2.23. The molecule has 0 unspecified atom stereocenters. The molecule has 4 heteroatoms. The summed E-state index contributed by atoms with van der Waals surface area (Å²) in [4.78, 5) is 18.6. The lowest BCUT2D eigenvalue weighted by molar-refractivity contribution is -0.110. The zero-order valence-corrected chi connectivity index (χ0v) is 12.4. The molecule has 3 heterocycles. The van der Waals surface area contributed by atoms with Crippen molar-refractivity contribution in [2.75, 3.05) is 5.32 Å². The maximum absolute atomic E-state index is 12.1. The summed E-state index contributed by atoms with van der Waals surface area (Å²) in [6, 6.07) is 18.0. The number of fused-ring (bicyclic) bond motifs is 1. The van der Waals surface area contributed by atoms with E-state index in [2.05, 4.69) is 28.5 Å².